The normalized spacial score (nSPS) is 11.1. The molecule has 0 aliphatic rings. The number of aromatic amines is 2. The molecule has 4 rings (SSSR count). The predicted octanol–water partition coefficient (Wildman–Crippen LogP) is 3.04. The molecule has 0 unspecified atom stereocenters. The van der Waals surface area contributed by atoms with Gasteiger partial charge in [0.2, 0.25) is 0 Å². The molecule has 3 heterocycles. The Morgan fingerprint density at radius 3 is 2.73 bits per heavy atom. The van der Waals surface area contributed by atoms with Crippen LogP contribution in [0, 0.1) is 0 Å². The average Bonchev–Trinajstić information content (AvgIpc) is 3.20. The van der Waals surface area contributed by atoms with Gasteiger partial charge in [0.25, 0.3) is 0 Å². The zero-order chi connectivity index (χ0) is 14.8. The lowest BCUT2D eigenvalue weighted by molar-refractivity contribution is 1.02. The van der Waals surface area contributed by atoms with Gasteiger partial charge in [-0.05, 0) is 24.3 Å². The van der Waals surface area contributed by atoms with Gasteiger partial charge in [0.1, 0.15) is 5.82 Å². The zero-order valence-electron chi connectivity index (χ0n) is 11.5. The van der Waals surface area contributed by atoms with E-state index in [9.17, 15) is 0 Å². The maximum Gasteiger partial charge on any atom is 0.181 e. The first kappa shape index (κ1) is 13.0. The number of thioether (sulfide) groups is 1. The number of nitrogens with zero attached hydrogens (tertiary/aromatic N) is 4. The molecule has 0 bridgehead atoms. The summed E-state index contributed by atoms with van der Waals surface area (Å²) in [4.78, 5) is 16.3. The third-order valence-electron chi connectivity index (χ3n) is 3.18. The van der Waals surface area contributed by atoms with Crippen molar-refractivity contribution in [1.82, 2.24) is 30.1 Å². The molecule has 0 atom stereocenters. The van der Waals surface area contributed by atoms with Gasteiger partial charge in [0.05, 0.1) is 16.8 Å². The molecular formula is C15H12N6S. The summed E-state index contributed by atoms with van der Waals surface area (Å²) in [6, 6.07) is 11.8. The summed E-state index contributed by atoms with van der Waals surface area (Å²) in [5.74, 6) is 2.18. The van der Waals surface area contributed by atoms with Crippen LogP contribution < -0.4 is 0 Å². The zero-order valence-corrected chi connectivity index (χ0v) is 12.3. The summed E-state index contributed by atoms with van der Waals surface area (Å²) in [5, 5.41) is 8.08. The maximum atomic E-state index is 4.53. The second-order valence-corrected chi connectivity index (χ2v) is 5.65. The van der Waals surface area contributed by atoms with Crippen LogP contribution in [0.5, 0.6) is 0 Å². The first-order chi connectivity index (χ1) is 10.9. The van der Waals surface area contributed by atoms with Gasteiger partial charge >= 0.3 is 0 Å². The van der Waals surface area contributed by atoms with Crippen LogP contribution in [0.2, 0.25) is 0 Å². The summed E-state index contributed by atoms with van der Waals surface area (Å²) < 4.78 is 0. The number of aromatic nitrogens is 6. The third kappa shape index (κ3) is 2.58. The van der Waals surface area contributed by atoms with Crippen molar-refractivity contribution in [2.75, 3.05) is 0 Å². The SMILES string of the molecule is c1ccc2[nH]c(SCc3nc(-c4ccncc4)n[nH]3)nc2c1. The lowest BCUT2D eigenvalue weighted by Gasteiger charge is -1.93. The van der Waals surface area contributed by atoms with Gasteiger partial charge in [0.15, 0.2) is 11.0 Å². The molecule has 0 aliphatic carbocycles. The quantitative estimate of drug-likeness (QED) is 0.566. The molecule has 3 aromatic heterocycles. The Bertz CT molecular complexity index is 865. The van der Waals surface area contributed by atoms with Crippen molar-refractivity contribution in [3.63, 3.8) is 0 Å². The number of fused-ring (bicyclic) bond motifs is 1. The van der Waals surface area contributed by atoms with Gasteiger partial charge in [0, 0.05) is 18.0 Å². The fraction of sp³-hybridized carbons (Fsp3) is 0.0667. The molecular weight excluding hydrogens is 296 g/mol. The molecule has 0 aliphatic heterocycles. The fourth-order valence-electron chi connectivity index (χ4n) is 2.12. The minimum atomic E-state index is 0.678. The van der Waals surface area contributed by atoms with Crippen LogP contribution in [0.1, 0.15) is 5.82 Å². The number of imidazole rings is 1. The van der Waals surface area contributed by atoms with Crippen LogP contribution >= 0.6 is 11.8 Å². The monoisotopic (exact) mass is 308 g/mol. The summed E-state index contributed by atoms with van der Waals surface area (Å²) in [5.41, 5.74) is 2.96. The Kier molecular flexibility index (Phi) is 3.32. The van der Waals surface area contributed by atoms with Gasteiger partial charge < -0.3 is 4.98 Å². The number of nitrogens with one attached hydrogen (secondary N) is 2. The van der Waals surface area contributed by atoms with Crippen LogP contribution in [0.4, 0.5) is 0 Å². The molecule has 4 aromatic rings. The van der Waals surface area contributed by atoms with Crippen molar-refractivity contribution in [1.29, 1.82) is 0 Å². The lowest BCUT2D eigenvalue weighted by atomic mass is 10.3. The Hall–Kier alpha value is -2.67. The van der Waals surface area contributed by atoms with Crippen molar-refractivity contribution in [2.45, 2.75) is 10.9 Å². The molecule has 0 spiro atoms. The highest BCUT2D eigenvalue weighted by Crippen LogP contribution is 2.22. The Morgan fingerprint density at radius 1 is 1.00 bits per heavy atom. The number of benzene rings is 1. The van der Waals surface area contributed by atoms with Crippen molar-refractivity contribution in [2.24, 2.45) is 0 Å². The van der Waals surface area contributed by atoms with E-state index in [4.69, 9.17) is 0 Å². The second kappa shape index (κ2) is 5.61. The standard InChI is InChI=1S/C15H12N6S/c1-2-4-12-11(3-1)17-15(18-12)22-9-13-19-14(21-20-13)10-5-7-16-8-6-10/h1-8H,9H2,(H,17,18)(H,19,20,21). The van der Waals surface area contributed by atoms with E-state index in [2.05, 4.69) is 30.1 Å². The van der Waals surface area contributed by atoms with Crippen molar-refractivity contribution in [3.8, 4) is 11.4 Å². The van der Waals surface area contributed by atoms with E-state index in [0.29, 0.717) is 11.6 Å². The molecule has 108 valence electrons. The summed E-state index contributed by atoms with van der Waals surface area (Å²) in [6.07, 6.45) is 3.46. The molecule has 0 amide bonds. The predicted molar refractivity (Wildman–Crippen MR) is 85.3 cm³/mol. The van der Waals surface area contributed by atoms with Crippen molar-refractivity contribution >= 4 is 22.8 Å². The molecule has 0 radical (unpaired) electrons. The molecule has 2 N–H and O–H groups in total. The van der Waals surface area contributed by atoms with Gasteiger partial charge in [-0.25, -0.2) is 9.97 Å². The molecule has 6 nitrogen and oxygen atoms in total. The largest absolute Gasteiger partial charge is 0.333 e. The molecule has 7 heteroatoms. The Labute approximate surface area is 130 Å². The average molecular weight is 308 g/mol. The molecule has 1 aromatic carbocycles. The van der Waals surface area contributed by atoms with E-state index in [1.165, 1.54) is 0 Å². The van der Waals surface area contributed by atoms with Crippen LogP contribution in [0.3, 0.4) is 0 Å². The smallest absolute Gasteiger partial charge is 0.181 e. The van der Waals surface area contributed by atoms with Crippen LogP contribution in [-0.2, 0) is 5.75 Å². The van der Waals surface area contributed by atoms with E-state index in [-0.39, 0.29) is 0 Å². The van der Waals surface area contributed by atoms with E-state index >= 15 is 0 Å². The fourth-order valence-corrected chi connectivity index (χ4v) is 2.87. The van der Waals surface area contributed by atoms with Crippen molar-refractivity contribution < 1.29 is 0 Å². The molecule has 0 saturated heterocycles. The first-order valence-corrected chi connectivity index (χ1v) is 7.76. The van der Waals surface area contributed by atoms with Crippen molar-refractivity contribution in [3.05, 3.63) is 54.6 Å². The van der Waals surface area contributed by atoms with Crippen LogP contribution in [0.15, 0.2) is 53.9 Å². The van der Waals surface area contributed by atoms with Gasteiger partial charge in [-0.2, -0.15) is 5.10 Å². The topological polar surface area (TPSA) is 83.1 Å². The van der Waals surface area contributed by atoms with E-state index in [0.717, 1.165) is 27.6 Å². The Morgan fingerprint density at radius 2 is 1.86 bits per heavy atom. The third-order valence-corrected chi connectivity index (χ3v) is 4.07. The molecule has 0 saturated carbocycles. The second-order valence-electron chi connectivity index (χ2n) is 4.69. The van der Waals surface area contributed by atoms with E-state index in [1.54, 1.807) is 24.2 Å². The summed E-state index contributed by atoms with van der Waals surface area (Å²) in [7, 11) is 0. The van der Waals surface area contributed by atoms with E-state index < -0.39 is 0 Å². The molecule has 0 fully saturated rings. The van der Waals surface area contributed by atoms with Crippen LogP contribution in [0.25, 0.3) is 22.4 Å². The number of para-hydroxylation sites is 2. The minimum Gasteiger partial charge on any atom is -0.333 e. The minimum absolute atomic E-state index is 0.678. The maximum absolute atomic E-state index is 4.53. The first-order valence-electron chi connectivity index (χ1n) is 6.78. The summed E-state index contributed by atoms with van der Waals surface area (Å²) >= 11 is 1.60. The summed E-state index contributed by atoms with van der Waals surface area (Å²) in [6.45, 7) is 0. The van der Waals surface area contributed by atoms with Crippen LogP contribution in [-0.4, -0.2) is 30.1 Å². The van der Waals surface area contributed by atoms with E-state index in [1.807, 2.05) is 36.4 Å². The van der Waals surface area contributed by atoms with Gasteiger partial charge in [-0.3, -0.25) is 10.1 Å². The van der Waals surface area contributed by atoms with Gasteiger partial charge in [-0.15, -0.1) is 0 Å². The number of pyridine rings is 1. The highest BCUT2D eigenvalue weighted by atomic mass is 32.2. The number of H-pyrrole nitrogens is 2. The number of hydrogen-bond acceptors (Lipinski definition) is 5. The lowest BCUT2D eigenvalue weighted by Crippen LogP contribution is -1.85. The van der Waals surface area contributed by atoms with Gasteiger partial charge in [-0.1, -0.05) is 23.9 Å². The highest BCUT2D eigenvalue weighted by molar-refractivity contribution is 7.98. The molecule has 22 heavy (non-hydrogen) atoms. The Balaban J connectivity index is 1.49. The highest BCUT2D eigenvalue weighted by Gasteiger charge is 2.08. The number of hydrogen-bond donors (Lipinski definition) is 2. The number of rotatable bonds is 4.